The lowest BCUT2D eigenvalue weighted by Crippen LogP contribution is -2.25. The lowest BCUT2D eigenvalue weighted by molar-refractivity contribution is 0.240. The number of benzene rings is 1. The molecule has 19 heavy (non-hydrogen) atoms. The van der Waals surface area contributed by atoms with Crippen LogP contribution in [-0.2, 0) is 0 Å². The first kappa shape index (κ1) is 15.0. The zero-order valence-corrected chi connectivity index (χ0v) is 11.1. The minimum Gasteiger partial charge on any atom is -0.492 e. The van der Waals surface area contributed by atoms with Crippen molar-refractivity contribution in [1.82, 2.24) is 4.90 Å². The molecule has 4 nitrogen and oxygen atoms in total. The molecule has 4 heteroatoms. The molecular formula is C15H18N2O2. The lowest BCUT2D eigenvalue weighted by atomic mass is 10.2. The number of rotatable bonds is 6. The highest BCUT2D eigenvalue weighted by atomic mass is 16.5. The predicted molar refractivity (Wildman–Crippen MR) is 73.6 cm³/mol. The van der Waals surface area contributed by atoms with Crippen molar-refractivity contribution in [2.45, 2.75) is 6.42 Å². The molecule has 0 aliphatic heterocycles. The molecule has 0 atom stereocenters. The Hall–Kier alpha value is -2.01. The largest absolute Gasteiger partial charge is 0.492 e. The van der Waals surface area contributed by atoms with Gasteiger partial charge >= 0.3 is 0 Å². The molecule has 0 bridgehead atoms. The summed E-state index contributed by atoms with van der Waals surface area (Å²) in [5, 5.41) is 17.1. The van der Waals surface area contributed by atoms with Crippen molar-refractivity contribution in [3.05, 3.63) is 29.8 Å². The van der Waals surface area contributed by atoms with Gasteiger partial charge in [0.1, 0.15) is 19.0 Å². The number of likely N-dealkylation sites (N-methyl/N-ethyl adjacent to an activating group) is 1. The first-order valence-corrected chi connectivity index (χ1v) is 6.14. The predicted octanol–water partition coefficient (Wildman–Crippen LogP) is 1.25. The van der Waals surface area contributed by atoms with Gasteiger partial charge in [-0.05, 0) is 25.2 Å². The third-order valence-corrected chi connectivity index (χ3v) is 2.49. The number of nitrogens with zero attached hydrogens (tertiary/aromatic N) is 2. The van der Waals surface area contributed by atoms with Crippen molar-refractivity contribution in [2.24, 2.45) is 0 Å². The summed E-state index contributed by atoms with van der Waals surface area (Å²) in [5.74, 6) is 6.20. The number of ether oxygens (including phenoxy) is 1. The Morgan fingerprint density at radius 1 is 1.37 bits per heavy atom. The molecule has 1 N–H and O–H groups in total. The molecule has 0 heterocycles. The molecule has 0 aliphatic carbocycles. The molecule has 0 aliphatic rings. The average molecular weight is 258 g/mol. The molecule has 0 unspecified atom stereocenters. The molecule has 1 rings (SSSR count). The quantitative estimate of drug-likeness (QED) is 0.780. The van der Waals surface area contributed by atoms with Gasteiger partial charge in [0.25, 0.3) is 0 Å². The van der Waals surface area contributed by atoms with Crippen molar-refractivity contribution in [2.75, 3.05) is 33.4 Å². The number of hydrogen-bond acceptors (Lipinski definition) is 4. The summed E-state index contributed by atoms with van der Waals surface area (Å²) in [7, 11) is 1.96. The molecular weight excluding hydrogens is 240 g/mol. The van der Waals surface area contributed by atoms with Gasteiger partial charge in [0, 0.05) is 25.1 Å². The van der Waals surface area contributed by atoms with Crippen molar-refractivity contribution in [1.29, 1.82) is 5.26 Å². The minimum absolute atomic E-state index is 0.144. The van der Waals surface area contributed by atoms with E-state index in [9.17, 15) is 0 Å². The number of hydrogen-bond donors (Lipinski definition) is 1. The molecule has 0 radical (unpaired) electrons. The second-order valence-electron chi connectivity index (χ2n) is 4.05. The Kier molecular flexibility index (Phi) is 7.12. The van der Waals surface area contributed by atoms with E-state index in [0.717, 1.165) is 24.4 Å². The number of nitriles is 1. The second kappa shape index (κ2) is 8.99. The maximum absolute atomic E-state index is 8.64. The van der Waals surface area contributed by atoms with Crippen LogP contribution in [0.2, 0.25) is 0 Å². The van der Waals surface area contributed by atoms with Crippen LogP contribution in [0.1, 0.15) is 12.0 Å². The fourth-order valence-electron chi connectivity index (χ4n) is 1.48. The lowest BCUT2D eigenvalue weighted by Gasteiger charge is -2.15. The molecule has 100 valence electrons. The van der Waals surface area contributed by atoms with E-state index in [1.165, 1.54) is 0 Å². The minimum atomic E-state index is -0.144. The van der Waals surface area contributed by atoms with Crippen LogP contribution in [0, 0.1) is 23.2 Å². The van der Waals surface area contributed by atoms with Crippen molar-refractivity contribution in [3.63, 3.8) is 0 Å². The van der Waals surface area contributed by atoms with Crippen molar-refractivity contribution >= 4 is 0 Å². The molecule has 1 aromatic carbocycles. The Labute approximate surface area is 114 Å². The molecule has 0 amide bonds. The van der Waals surface area contributed by atoms with Crippen LogP contribution in [0.5, 0.6) is 5.75 Å². The maximum atomic E-state index is 8.64. The summed E-state index contributed by atoms with van der Waals surface area (Å²) in [6.07, 6.45) is 0.530. The van der Waals surface area contributed by atoms with Gasteiger partial charge in [-0.15, -0.1) is 0 Å². The fraction of sp³-hybridized carbons (Fsp3) is 0.400. The van der Waals surface area contributed by atoms with Crippen LogP contribution in [0.3, 0.4) is 0 Å². The first-order valence-electron chi connectivity index (χ1n) is 6.14. The highest BCUT2D eigenvalue weighted by molar-refractivity contribution is 5.39. The summed E-state index contributed by atoms with van der Waals surface area (Å²) < 4.78 is 5.62. The van der Waals surface area contributed by atoms with Crippen LogP contribution in [-0.4, -0.2) is 43.4 Å². The summed E-state index contributed by atoms with van der Waals surface area (Å²) >= 11 is 0. The SMILES string of the molecule is CN(CCC#N)CCOc1cccc(C#CCO)c1. The normalized spacial score (nSPS) is 9.58. The summed E-state index contributed by atoms with van der Waals surface area (Å²) in [6, 6.07) is 9.58. The zero-order valence-electron chi connectivity index (χ0n) is 11.1. The van der Waals surface area contributed by atoms with E-state index in [0.29, 0.717) is 13.0 Å². The van der Waals surface area contributed by atoms with Gasteiger partial charge in [-0.2, -0.15) is 5.26 Å². The second-order valence-corrected chi connectivity index (χ2v) is 4.05. The Morgan fingerprint density at radius 3 is 2.95 bits per heavy atom. The Balaban J connectivity index is 2.39. The van der Waals surface area contributed by atoms with E-state index in [-0.39, 0.29) is 6.61 Å². The van der Waals surface area contributed by atoms with Crippen molar-refractivity contribution < 1.29 is 9.84 Å². The summed E-state index contributed by atoms with van der Waals surface area (Å²) in [5.41, 5.74) is 0.824. The van der Waals surface area contributed by atoms with Gasteiger partial charge in [0.05, 0.1) is 6.07 Å². The van der Waals surface area contributed by atoms with E-state index in [4.69, 9.17) is 15.1 Å². The highest BCUT2D eigenvalue weighted by Crippen LogP contribution is 2.12. The average Bonchev–Trinajstić information content (AvgIpc) is 2.43. The van der Waals surface area contributed by atoms with Crippen LogP contribution < -0.4 is 4.74 Å². The Bertz CT molecular complexity index is 483. The summed E-state index contributed by atoms with van der Waals surface area (Å²) in [4.78, 5) is 2.05. The van der Waals surface area contributed by atoms with Crippen LogP contribution in [0.4, 0.5) is 0 Å². The fourth-order valence-corrected chi connectivity index (χ4v) is 1.48. The van der Waals surface area contributed by atoms with Gasteiger partial charge in [-0.25, -0.2) is 0 Å². The van der Waals surface area contributed by atoms with E-state index < -0.39 is 0 Å². The van der Waals surface area contributed by atoms with Gasteiger partial charge in [0.2, 0.25) is 0 Å². The molecule has 0 saturated heterocycles. The van der Waals surface area contributed by atoms with E-state index in [1.807, 2.05) is 31.3 Å². The van der Waals surface area contributed by atoms with Crippen LogP contribution >= 0.6 is 0 Å². The van der Waals surface area contributed by atoms with Gasteiger partial charge in [-0.3, -0.25) is 0 Å². The van der Waals surface area contributed by atoms with Crippen LogP contribution in [0.15, 0.2) is 24.3 Å². The zero-order chi connectivity index (χ0) is 13.9. The molecule has 0 saturated carbocycles. The maximum Gasteiger partial charge on any atom is 0.120 e. The third kappa shape index (κ3) is 6.47. The van der Waals surface area contributed by atoms with Gasteiger partial charge < -0.3 is 14.7 Å². The van der Waals surface area contributed by atoms with E-state index in [1.54, 1.807) is 0 Å². The molecule has 0 fully saturated rings. The van der Waals surface area contributed by atoms with Crippen molar-refractivity contribution in [3.8, 4) is 23.7 Å². The van der Waals surface area contributed by atoms with E-state index in [2.05, 4.69) is 22.8 Å². The third-order valence-electron chi connectivity index (χ3n) is 2.49. The standard InChI is InChI=1S/C15H18N2O2/c1-17(9-4-8-16)10-12-19-15-7-2-5-14(13-15)6-3-11-18/h2,5,7,13,18H,4,9-12H2,1H3. The van der Waals surface area contributed by atoms with Crippen LogP contribution in [0.25, 0.3) is 0 Å². The topological polar surface area (TPSA) is 56.5 Å². The monoisotopic (exact) mass is 258 g/mol. The summed E-state index contributed by atoms with van der Waals surface area (Å²) in [6.45, 7) is 1.95. The smallest absolute Gasteiger partial charge is 0.120 e. The first-order chi connectivity index (χ1) is 9.26. The molecule has 1 aromatic rings. The Morgan fingerprint density at radius 2 is 2.21 bits per heavy atom. The molecule has 0 aromatic heterocycles. The highest BCUT2D eigenvalue weighted by Gasteiger charge is 1.99. The number of aliphatic hydroxyl groups is 1. The molecule has 0 spiro atoms. The van der Waals surface area contributed by atoms with Gasteiger partial charge in [0.15, 0.2) is 0 Å². The number of aliphatic hydroxyl groups excluding tert-OH is 1. The van der Waals surface area contributed by atoms with Gasteiger partial charge in [-0.1, -0.05) is 17.9 Å². The van der Waals surface area contributed by atoms with E-state index >= 15 is 0 Å².